The fourth-order valence-corrected chi connectivity index (χ4v) is 7.74. The molecule has 1 spiro atoms. The van der Waals surface area contributed by atoms with Crippen LogP contribution in [-0.4, -0.2) is 86.9 Å². The number of nitrogens with one attached hydrogen (secondary N) is 1. The molecule has 0 saturated carbocycles. The lowest BCUT2D eigenvalue weighted by atomic mass is 9.78. The Balaban J connectivity index is 1.13. The Labute approximate surface area is 243 Å². The Morgan fingerprint density at radius 1 is 1.05 bits per heavy atom. The van der Waals surface area contributed by atoms with Crippen LogP contribution in [0, 0.1) is 11.2 Å². The van der Waals surface area contributed by atoms with Crippen LogP contribution in [0.4, 0.5) is 9.18 Å². The van der Waals surface area contributed by atoms with E-state index in [2.05, 4.69) is 26.8 Å². The first-order chi connectivity index (χ1) is 20.4. The Morgan fingerprint density at radius 2 is 1.88 bits per heavy atom. The Hall–Kier alpha value is -4.18. The summed E-state index contributed by atoms with van der Waals surface area (Å²) in [6, 6.07) is 8.89. The number of carbonyl (C=O) groups is 2. The molecule has 216 valence electrons. The van der Waals surface area contributed by atoms with E-state index in [0.29, 0.717) is 48.1 Å². The van der Waals surface area contributed by atoms with Gasteiger partial charge in [-0.3, -0.25) is 9.20 Å². The number of amides is 3. The predicted octanol–water partition coefficient (Wildman–Crippen LogP) is 3.82. The van der Waals surface area contributed by atoms with Crippen molar-refractivity contribution in [3.8, 4) is 0 Å². The first kappa shape index (κ1) is 25.5. The van der Waals surface area contributed by atoms with Crippen molar-refractivity contribution in [2.24, 2.45) is 5.41 Å². The quantitative estimate of drug-likeness (QED) is 0.400. The van der Waals surface area contributed by atoms with E-state index in [1.807, 2.05) is 44.8 Å². The summed E-state index contributed by atoms with van der Waals surface area (Å²) in [5, 5.41) is 3.68. The summed E-state index contributed by atoms with van der Waals surface area (Å²) in [5.74, 6) is -0.544. The second-order valence-electron chi connectivity index (χ2n) is 12.5. The summed E-state index contributed by atoms with van der Waals surface area (Å²) in [5.41, 5.74) is 5.74. The maximum atomic E-state index is 15.2. The number of likely N-dealkylation sites (tertiary alicyclic amines) is 2. The van der Waals surface area contributed by atoms with Crippen LogP contribution < -0.4 is 5.32 Å². The third-order valence-corrected chi connectivity index (χ3v) is 9.93. The lowest BCUT2D eigenvalue weighted by molar-refractivity contribution is -0.114. The summed E-state index contributed by atoms with van der Waals surface area (Å²) in [7, 11) is 2.18. The molecular formula is C32H34FN7O2. The highest BCUT2D eigenvalue weighted by atomic mass is 19.1. The van der Waals surface area contributed by atoms with Gasteiger partial charge in [0.25, 0.3) is 5.91 Å². The number of hydrogen-bond donors (Lipinski definition) is 1. The van der Waals surface area contributed by atoms with Gasteiger partial charge in [0.1, 0.15) is 11.5 Å². The third kappa shape index (κ3) is 3.95. The van der Waals surface area contributed by atoms with E-state index in [1.165, 1.54) is 12.5 Å². The number of fused-ring (bicyclic) bond motifs is 1. The minimum Gasteiger partial charge on any atom is -0.348 e. The van der Waals surface area contributed by atoms with Gasteiger partial charge in [-0.25, -0.2) is 14.2 Å². The first-order valence-corrected chi connectivity index (χ1v) is 14.9. The van der Waals surface area contributed by atoms with Gasteiger partial charge in [0.15, 0.2) is 0 Å². The van der Waals surface area contributed by atoms with Crippen LogP contribution >= 0.6 is 0 Å². The highest BCUT2D eigenvalue weighted by molar-refractivity contribution is 6.32. The Morgan fingerprint density at radius 3 is 2.69 bits per heavy atom. The van der Waals surface area contributed by atoms with Crippen LogP contribution in [0.1, 0.15) is 36.1 Å². The molecule has 0 atom stereocenters. The van der Waals surface area contributed by atoms with Crippen LogP contribution in [-0.2, 0) is 17.9 Å². The molecule has 10 heteroatoms. The van der Waals surface area contributed by atoms with Crippen molar-refractivity contribution < 1.29 is 14.0 Å². The Bertz CT molecular complexity index is 1790. The molecule has 0 unspecified atom stereocenters. The molecule has 0 radical (unpaired) electrons. The summed E-state index contributed by atoms with van der Waals surface area (Å²) in [4.78, 5) is 37.8. The molecule has 1 N–H and O–H groups in total. The van der Waals surface area contributed by atoms with E-state index in [9.17, 15) is 9.59 Å². The largest absolute Gasteiger partial charge is 0.348 e. The molecule has 2 fully saturated rings. The van der Waals surface area contributed by atoms with E-state index in [-0.39, 0.29) is 17.8 Å². The average molecular weight is 568 g/mol. The van der Waals surface area contributed by atoms with Gasteiger partial charge < -0.3 is 24.6 Å². The molecule has 1 aromatic carbocycles. The minimum absolute atomic E-state index is 0.0346. The number of rotatable bonds is 2. The number of carbonyl (C=O) groups excluding carboxylic acids is 2. The smallest absolute Gasteiger partial charge is 0.320 e. The SMILES string of the molecule is CN1CCC2(CCN(C(=O)N3CCn4cc(C5=C(c6cnc7ccccn67)CNC5=O)c5cc(F)cc(c54)C3)CC2)C1. The van der Waals surface area contributed by atoms with Crippen LogP contribution in [0.2, 0.25) is 0 Å². The van der Waals surface area contributed by atoms with Crippen molar-refractivity contribution in [3.05, 3.63) is 71.6 Å². The van der Waals surface area contributed by atoms with E-state index < -0.39 is 0 Å². The lowest BCUT2D eigenvalue weighted by Crippen LogP contribution is -2.49. The maximum Gasteiger partial charge on any atom is 0.320 e. The molecule has 7 heterocycles. The molecule has 4 aromatic rings. The zero-order valence-electron chi connectivity index (χ0n) is 23.8. The maximum absolute atomic E-state index is 15.2. The number of pyridine rings is 1. The molecule has 0 bridgehead atoms. The number of hydrogen-bond acceptors (Lipinski definition) is 4. The monoisotopic (exact) mass is 567 g/mol. The molecule has 42 heavy (non-hydrogen) atoms. The average Bonchev–Trinajstić information content (AvgIpc) is 3.73. The predicted molar refractivity (Wildman–Crippen MR) is 158 cm³/mol. The van der Waals surface area contributed by atoms with Crippen LogP contribution in [0.25, 0.3) is 27.7 Å². The van der Waals surface area contributed by atoms with Crippen LogP contribution in [0.3, 0.4) is 0 Å². The molecule has 4 aliphatic heterocycles. The molecule has 8 rings (SSSR count). The topological polar surface area (TPSA) is 78.1 Å². The van der Waals surface area contributed by atoms with Gasteiger partial charge >= 0.3 is 6.03 Å². The van der Waals surface area contributed by atoms with Gasteiger partial charge in [0, 0.05) is 74.7 Å². The van der Waals surface area contributed by atoms with Crippen molar-refractivity contribution in [2.45, 2.75) is 32.4 Å². The summed E-state index contributed by atoms with van der Waals surface area (Å²) in [6.45, 7) is 5.60. The van der Waals surface area contributed by atoms with Crippen LogP contribution in [0.5, 0.6) is 0 Å². The van der Waals surface area contributed by atoms with Gasteiger partial charge in [-0.15, -0.1) is 0 Å². The number of benzene rings is 1. The number of nitrogens with zero attached hydrogens (tertiary/aromatic N) is 6. The van der Waals surface area contributed by atoms with Crippen molar-refractivity contribution >= 4 is 39.6 Å². The second-order valence-corrected chi connectivity index (χ2v) is 12.5. The summed E-state index contributed by atoms with van der Waals surface area (Å²) in [6.07, 6.45) is 8.97. The molecule has 2 saturated heterocycles. The third-order valence-electron chi connectivity index (χ3n) is 9.93. The summed E-state index contributed by atoms with van der Waals surface area (Å²) >= 11 is 0. The molecule has 3 aromatic heterocycles. The van der Waals surface area contributed by atoms with Gasteiger partial charge in [-0.1, -0.05) is 6.07 Å². The highest BCUT2D eigenvalue weighted by Crippen LogP contribution is 2.41. The standard InChI is InChI=1S/C32H34FN7O2/c1-36-9-5-32(20-36)6-10-37(11-7-32)31(42)39-13-12-38-19-25(23-15-22(33)14-21(18-39)29(23)38)28-24(16-35-30(28)41)26-17-34-27-4-2-3-8-40(26)27/h2-4,8,14-15,17,19H,5-7,9-13,16,18,20H2,1H3,(H,35,41). The highest BCUT2D eigenvalue weighted by Gasteiger charge is 2.41. The van der Waals surface area contributed by atoms with Gasteiger partial charge in [-0.05, 0) is 68.1 Å². The van der Waals surface area contributed by atoms with E-state index >= 15 is 4.39 Å². The van der Waals surface area contributed by atoms with Gasteiger partial charge in [0.05, 0.1) is 23.0 Å². The van der Waals surface area contributed by atoms with Crippen molar-refractivity contribution in [3.63, 3.8) is 0 Å². The fourth-order valence-electron chi connectivity index (χ4n) is 7.74. The number of halogens is 1. The zero-order chi connectivity index (χ0) is 28.6. The van der Waals surface area contributed by atoms with E-state index in [4.69, 9.17) is 0 Å². The van der Waals surface area contributed by atoms with E-state index in [0.717, 1.165) is 67.0 Å². The van der Waals surface area contributed by atoms with Crippen molar-refractivity contribution in [1.29, 1.82) is 0 Å². The number of imidazole rings is 1. The number of urea groups is 1. The zero-order valence-corrected chi connectivity index (χ0v) is 23.8. The molecule has 4 aliphatic rings. The number of aromatic nitrogens is 3. The normalized spacial score (nSPS) is 20.8. The molecule has 3 amide bonds. The lowest BCUT2D eigenvalue weighted by Gasteiger charge is -2.41. The van der Waals surface area contributed by atoms with Crippen molar-refractivity contribution in [2.75, 3.05) is 46.3 Å². The van der Waals surface area contributed by atoms with Gasteiger partial charge in [0.2, 0.25) is 0 Å². The number of piperidine rings is 1. The fraction of sp³-hybridized carbons (Fsp3) is 0.406. The Kier molecular flexibility index (Phi) is 5.72. The molecule has 0 aliphatic carbocycles. The molecular weight excluding hydrogens is 533 g/mol. The summed E-state index contributed by atoms with van der Waals surface area (Å²) < 4.78 is 19.3. The second kappa shape index (κ2) is 9.42. The minimum atomic E-state index is -0.369. The molecule has 9 nitrogen and oxygen atoms in total. The van der Waals surface area contributed by atoms with Gasteiger partial charge in [-0.2, -0.15) is 0 Å². The van der Waals surface area contributed by atoms with Crippen LogP contribution in [0.15, 0.2) is 48.9 Å². The van der Waals surface area contributed by atoms with Crippen molar-refractivity contribution in [1.82, 2.24) is 34.0 Å². The van der Waals surface area contributed by atoms with E-state index in [1.54, 1.807) is 12.3 Å². The first-order valence-electron chi connectivity index (χ1n) is 14.9.